The minimum atomic E-state index is -1.38. The van der Waals surface area contributed by atoms with Crippen molar-refractivity contribution < 1.29 is 9.90 Å². The topological polar surface area (TPSA) is 193 Å². The second kappa shape index (κ2) is 8.76. The van der Waals surface area contributed by atoms with Crippen molar-refractivity contribution in [3.8, 4) is 0 Å². The van der Waals surface area contributed by atoms with Gasteiger partial charge in [0.05, 0.1) is 5.41 Å². The van der Waals surface area contributed by atoms with Gasteiger partial charge in [-0.1, -0.05) is 20.3 Å². The Hall–Kier alpha value is -0.770. The van der Waals surface area contributed by atoms with Crippen LogP contribution < -0.4 is 34.4 Å². The Morgan fingerprint density at radius 2 is 1.36 bits per heavy atom. The first-order valence-electron chi connectivity index (χ1n) is 7.86. The molecule has 8 nitrogen and oxygen atoms in total. The summed E-state index contributed by atoms with van der Waals surface area (Å²) in [6.45, 7) is 3.91. The third-order valence-electron chi connectivity index (χ3n) is 5.15. The van der Waals surface area contributed by atoms with Gasteiger partial charge in [0.1, 0.15) is 0 Å². The predicted molar refractivity (Wildman–Crippen MR) is 88.8 cm³/mol. The van der Waals surface area contributed by atoms with Crippen LogP contribution >= 0.6 is 0 Å². The standard InChI is InChI=1S/C14H34N6O2/c1-3-5-14(10(19)7-16,11(20)8-17)13(4-2,12(21)22)9(18)6-15/h9-11H,3-8,15-20H2,1-2H3,(H,21,22). The molecule has 0 spiro atoms. The molecular weight excluding hydrogens is 284 g/mol. The highest BCUT2D eigenvalue weighted by molar-refractivity contribution is 5.77. The summed E-state index contributed by atoms with van der Waals surface area (Å²) in [4.78, 5) is 12.3. The second-order valence-electron chi connectivity index (χ2n) is 5.95. The Bertz CT molecular complexity index is 344. The molecule has 0 aliphatic rings. The highest BCUT2D eigenvalue weighted by Gasteiger charge is 2.62. The van der Waals surface area contributed by atoms with Crippen LogP contribution in [0.5, 0.6) is 0 Å². The lowest BCUT2D eigenvalue weighted by Crippen LogP contribution is -2.73. The molecule has 132 valence electrons. The number of hydrogen-bond donors (Lipinski definition) is 7. The van der Waals surface area contributed by atoms with Crippen molar-refractivity contribution in [1.82, 2.24) is 0 Å². The monoisotopic (exact) mass is 318 g/mol. The maximum absolute atomic E-state index is 12.3. The average molecular weight is 318 g/mol. The van der Waals surface area contributed by atoms with Gasteiger partial charge in [0.2, 0.25) is 0 Å². The maximum Gasteiger partial charge on any atom is 0.311 e. The van der Waals surface area contributed by atoms with Gasteiger partial charge in [0, 0.05) is 43.2 Å². The number of carboxylic acids is 1. The minimum Gasteiger partial charge on any atom is -0.481 e. The molecule has 0 aliphatic carbocycles. The van der Waals surface area contributed by atoms with Crippen molar-refractivity contribution in [3.63, 3.8) is 0 Å². The zero-order chi connectivity index (χ0) is 17.6. The molecular formula is C14H34N6O2. The smallest absolute Gasteiger partial charge is 0.311 e. The van der Waals surface area contributed by atoms with Gasteiger partial charge in [-0.3, -0.25) is 4.79 Å². The van der Waals surface area contributed by atoms with E-state index in [9.17, 15) is 9.90 Å². The van der Waals surface area contributed by atoms with Crippen molar-refractivity contribution in [3.05, 3.63) is 0 Å². The fourth-order valence-electron chi connectivity index (χ4n) is 4.01. The lowest BCUT2D eigenvalue weighted by molar-refractivity contribution is -0.167. The van der Waals surface area contributed by atoms with Crippen LogP contribution in [0.4, 0.5) is 0 Å². The molecule has 4 unspecified atom stereocenters. The van der Waals surface area contributed by atoms with E-state index in [1.807, 2.05) is 6.92 Å². The average Bonchev–Trinajstić information content (AvgIpc) is 2.52. The van der Waals surface area contributed by atoms with Crippen molar-refractivity contribution in [2.24, 2.45) is 45.2 Å². The van der Waals surface area contributed by atoms with Gasteiger partial charge in [0.25, 0.3) is 0 Å². The molecule has 0 aliphatic heterocycles. The Morgan fingerprint density at radius 1 is 0.955 bits per heavy atom. The molecule has 0 aromatic rings. The molecule has 8 heteroatoms. The van der Waals surface area contributed by atoms with E-state index in [4.69, 9.17) is 34.4 Å². The van der Waals surface area contributed by atoms with Gasteiger partial charge in [-0.05, 0) is 12.8 Å². The zero-order valence-electron chi connectivity index (χ0n) is 13.8. The normalized spacial score (nSPS) is 21.5. The van der Waals surface area contributed by atoms with Gasteiger partial charge >= 0.3 is 5.97 Å². The van der Waals surface area contributed by atoms with Crippen molar-refractivity contribution in [1.29, 1.82) is 0 Å². The van der Waals surface area contributed by atoms with Crippen LogP contribution in [-0.2, 0) is 4.79 Å². The third kappa shape index (κ3) is 3.12. The first-order valence-corrected chi connectivity index (χ1v) is 7.86. The molecule has 0 rings (SSSR count). The van der Waals surface area contributed by atoms with E-state index in [1.165, 1.54) is 0 Å². The summed E-state index contributed by atoms with van der Waals surface area (Å²) in [5.41, 5.74) is 33.6. The summed E-state index contributed by atoms with van der Waals surface area (Å²) in [7, 11) is 0. The summed E-state index contributed by atoms with van der Waals surface area (Å²) in [6.07, 6.45) is 1.41. The molecule has 0 heterocycles. The van der Waals surface area contributed by atoms with Crippen LogP contribution in [-0.4, -0.2) is 48.8 Å². The zero-order valence-corrected chi connectivity index (χ0v) is 13.8. The maximum atomic E-state index is 12.3. The van der Waals surface area contributed by atoms with Crippen LogP contribution in [0.25, 0.3) is 0 Å². The second-order valence-corrected chi connectivity index (χ2v) is 5.95. The molecule has 0 aromatic heterocycles. The van der Waals surface area contributed by atoms with Crippen LogP contribution in [0.15, 0.2) is 0 Å². The van der Waals surface area contributed by atoms with E-state index in [0.717, 1.165) is 0 Å². The molecule has 4 atom stereocenters. The minimum absolute atomic E-state index is 0.0141. The SMILES string of the molecule is CCCC(C(N)CN)(C(N)CN)C(CC)(C(=O)O)C(N)CN. The van der Waals surface area contributed by atoms with Crippen LogP contribution in [0.2, 0.25) is 0 Å². The van der Waals surface area contributed by atoms with Crippen LogP contribution in [0, 0.1) is 10.8 Å². The molecule has 0 fully saturated rings. The summed E-state index contributed by atoms with van der Waals surface area (Å²) in [5, 5.41) is 10.0. The van der Waals surface area contributed by atoms with Gasteiger partial charge in [0.15, 0.2) is 0 Å². The van der Waals surface area contributed by atoms with E-state index in [0.29, 0.717) is 12.8 Å². The van der Waals surface area contributed by atoms with E-state index >= 15 is 0 Å². The Kier molecular flexibility index (Phi) is 8.45. The van der Waals surface area contributed by atoms with Crippen molar-refractivity contribution >= 4 is 5.97 Å². The lowest BCUT2D eigenvalue weighted by Gasteiger charge is -2.56. The van der Waals surface area contributed by atoms with E-state index in [-0.39, 0.29) is 26.1 Å². The summed E-state index contributed by atoms with van der Waals surface area (Å²) in [5.74, 6) is -1.05. The molecule has 0 aromatic carbocycles. The van der Waals surface area contributed by atoms with Crippen LogP contribution in [0.3, 0.4) is 0 Å². The van der Waals surface area contributed by atoms with Gasteiger partial charge in [-0.15, -0.1) is 0 Å². The molecule has 0 saturated carbocycles. The number of aliphatic carboxylic acids is 1. The summed E-state index contributed by atoms with van der Waals surface area (Å²) in [6, 6.07) is -2.07. The summed E-state index contributed by atoms with van der Waals surface area (Å²) < 4.78 is 0. The number of carbonyl (C=O) groups is 1. The first-order chi connectivity index (χ1) is 10.3. The Morgan fingerprint density at radius 3 is 1.59 bits per heavy atom. The molecule has 22 heavy (non-hydrogen) atoms. The van der Waals surface area contributed by atoms with Crippen molar-refractivity contribution in [2.75, 3.05) is 19.6 Å². The highest BCUT2D eigenvalue weighted by atomic mass is 16.4. The number of hydrogen-bond acceptors (Lipinski definition) is 7. The molecule has 0 bridgehead atoms. The number of carboxylic acid groups (broad SMARTS) is 1. The number of nitrogens with two attached hydrogens (primary N) is 6. The lowest BCUT2D eigenvalue weighted by atomic mass is 9.50. The fraction of sp³-hybridized carbons (Fsp3) is 0.929. The first kappa shape index (κ1) is 21.2. The third-order valence-corrected chi connectivity index (χ3v) is 5.15. The highest BCUT2D eigenvalue weighted by Crippen LogP contribution is 2.51. The largest absolute Gasteiger partial charge is 0.481 e. The van der Waals surface area contributed by atoms with Crippen LogP contribution in [0.1, 0.15) is 33.1 Å². The van der Waals surface area contributed by atoms with Crippen molar-refractivity contribution in [2.45, 2.75) is 51.2 Å². The Balaban J connectivity index is 6.55. The fourth-order valence-corrected chi connectivity index (χ4v) is 4.01. The van der Waals surface area contributed by atoms with E-state index < -0.39 is 34.9 Å². The Labute approximate surface area is 132 Å². The van der Waals surface area contributed by atoms with E-state index in [1.54, 1.807) is 6.92 Å². The predicted octanol–water partition coefficient (Wildman–Crippen LogP) is -1.89. The molecule has 13 N–H and O–H groups in total. The molecule has 0 saturated heterocycles. The quantitative estimate of drug-likeness (QED) is 0.230. The van der Waals surface area contributed by atoms with Gasteiger partial charge in [-0.25, -0.2) is 0 Å². The van der Waals surface area contributed by atoms with Gasteiger partial charge in [-0.2, -0.15) is 0 Å². The molecule has 0 radical (unpaired) electrons. The molecule has 0 amide bonds. The number of rotatable bonds is 11. The van der Waals surface area contributed by atoms with E-state index in [2.05, 4.69) is 0 Å². The van der Waals surface area contributed by atoms with Gasteiger partial charge < -0.3 is 39.5 Å². The summed E-state index contributed by atoms with van der Waals surface area (Å²) >= 11 is 0.